The van der Waals surface area contributed by atoms with Gasteiger partial charge >= 0.3 is 0 Å². The standard InChI is InChI=1S/C38H41N2Si/c1-24(2)30-20-15-21-31-33-26(5)22-23-32-34(33)36-37(27(6)39(25(3)4)40(36)35(30)31)41(38(32,7)8,28-16-11-9-12-17-28)29-18-13-10-14-19-29/h9-25H,1-8H3/q+1/i5D3. The van der Waals surface area contributed by atoms with Gasteiger partial charge in [0.2, 0.25) is 11.0 Å². The van der Waals surface area contributed by atoms with E-state index in [4.69, 9.17) is 4.11 Å². The summed E-state index contributed by atoms with van der Waals surface area (Å²) in [7, 11) is -2.84. The molecule has 0 radical (unpaired) electrons. The van der Waals surface area contributed by atoms with Crippen LogP contribution in [0.25, 0.3) is 27.2 Å². The van der Waals surface area contributed by atoms with Crippen LogP contribution in [0.3, 0.4) is 0 Å². The molecule has 0 fully saturated rings. The molecule has 7 rings (SSSR count). The molecule has 6 aromatic rings. The van der Waals surface area contributed by atoms with E-state index in [2.05, 4.69) is 143 Å². The van der Waals surface area contributed by atoms with E-state index >= 15 is 0 Å². The number of aryl methyl sites for hydroxylation is 1. The fourth-order valence-electron chi connectivity index (χ4n) is 8.35. The van der Waals surface area contributed by atoms with Gasteiger partial charge in [-0.3, -0.25) is 0 Å². The number of para-hydroxylation sites is 1. The topological polar surface area (TPSA) is 9.03 Å². The summed E-state index contributed by atoms with van der Waals surface area (Å²) in [6.07, 6.45) is 0. The third-order valence-electron chi connectivity index (χ3n) is 9.87. The highest BCUT2D eigenvalue weighted by molar-refractivity contribution is 7.14. The third-order valence-corrected chi connectivity index (χ3v) is 15.8. The Bertz CT molecular complexity index is 2050. The molecule has 3 heteroatoms. The third kappa shape index (κ3) is 3.16. The van der Waals surface area contributed by atoms with Crippen LogP contribution in [0.1, 0.15) is 80.0 Å². The quantitative estimate of drug-likeness (QED) is 0.124. The zero-order valence-corrected chi connectivity index (χ0v) is 26.2. The Balaban J connectivity index is 1.91. The second-order valence-corrected chi connectivity index (χ2v) is 17.4. The smallest absolute Gasteiger partial charge is 0.149 e. The van der Waals surface area contributed by atoms with E-state index in [1.54, 1.807) is 0 Å². The van der Waals surface area contributed by atoms with Crippen molar-refractivity contribution in [2.45, 2.75) is 72.3 Å². The van der Waals surface area contributed by atoms with Crippen LogP contribution in [0.2, 0.25) is 0 Å². The highest BCUT2D eigenvalue weighted by Crippen LogP contribution is 2.46. The zero-order valence-electron chi connectivity index (χ0n) is 28.2. The zero-order chi connectivity index (χ0) is 31.3. The van der Waals surface area contributed by atoms with E-state index in [9.17, 15) is 0 Å². The van der Waals surface area contributed by atoms with Crippen LogP contribution in [0, 0.1) is 13.8 Å². The predicted octanol–water partition coefficient (Wildman–Crippen LogP) is 7.15. The number of aromatic nitrogens is 2. The lowest BCUT2D eigenvalue weighted by molar-refractivity contribution is -0.586. The molecule has 0 aliphatic carbocycles. The maximum atomic E-state index is 8.71. The predicted molar refractivity (Wildman–Crippen MR) is 177 cm³/mol. The average molecular weight is 557 g/mol. The molecule has 4 aromatic carbocycles. The van der Waals surface area contributed by atoms with Gasteiger partial charge in [-0.25, -0.2) is 0 Å². The maximum Gasteiger partial charge on any atom is 0.247 e. The summed E-state index contributed by atoms with van der Waals surface area (Å²) < 4.78 is 31.1. The van der Waals surface area contributed by atoms with Crippen molar-refractivity contribution in [2.24, 2.45) is 0 Å². The molecule has 0 bridgehead atoms. The molecule has 0 saturated heterocycles. The summed E-state index contributed by atoms with van der Waals surface area (Å²) in [5.41, 5.74) is 6.49. The Morgan fingerprint density at radius 1 is 0.756 bits per heavy atom. The lowest BCUT2D eigenvalue weighted by Gasteiger charge is -2.48. The van der Waals surface area contributed by atoms with Crippen molar-refractivity contribution in [3.05, 3.63) is 113 Å². The van der Waals surface area contributed by atoms with E-state index in [0.29, 0.717) is 5.56 Å². The van der Waals surface area contributed by atoms with Gasteiger partial charge in [-0.15, -0.1) is 4.68 Å². The molecule has 0 unspecified atom stereocenters. The Morgan fingerprint density at radius 3 is 1.95 bits per heavy atom. The minimum atomic E-state index is -2.84. The van der Waals surface area contributed by atoms with Crippen LogP contribution in [-0.4, -0.2) is 12.8 Å². The Morgan fingerprint density at radius 2 is 1.39 bits per heavy atom. The Kier molecular flexibility index (Phi) is 4.98. The molecule has 2 aromatic heterocycles. The van der Waals surface area contributed by atoms with Crippen LogP contribution in [0.15, 0.2) is 91.0 Å². The monoisotopic (exact) mass is 556 g/mol. The Hall–Kier alpha value is -3.69. The minimum absolute atomic E-state index is 0.186. The lowest BCUT2D eigenvalue weighted by Crippen LogP contribution is -2.78. The van der Waals surface area contributed by atoms with Crippen LogP contribution in [0.4, 0.5) is 0 Å². The van der Waals surface area contributed by atoms with Gasteiger partial charge in [0.1, 0.15) is 0 Å². The lowest BCUT2D eigenvalue weighted by atomic mass is 9.88. The van der Waals surface area contributed by atoms with Crippen molar-refractivity contribution >= 4 is 50.8 Å². The molecule has 2 nitrogen and oxygen atoms in total. The number of nitrogens with zero attached hydrogens (tertiary/aromatic N) is 2. The number of rotatable bonds is 4. The maximum absolute atomic E-state index is 8.71. The molecule has 0 atom stereocenters. The second kappa shape index (κ2) is 8.90. The molecule has 0 amide bonds. The number of pyridine rings is 1. The molecule has 41 heavy (non-hydrogen) atoms. The summed E-state index contributed by atoms with van der Waals surface area (Å²) in [6, 6.07) is 33.0. The van der Waals surface area contributed by atoms with E-state index in [1.165, 1.54) is 37.9 Å². The Labute approximate surface area is 249 Å². The average Bonchev–Trinajstić information content (AvgIpc) is 3.30. The van der Waals surface area contributed by atoms with E-state index < -0.39 is 14.9 Å². The number of fused-ring (bicyclic) bond motifs is 3. The van der Waals surface area contributed by atoms with Crippen LogP contribution >= 0.6 is 0 Å². The largest absolute Gasteiger partial charge is 0.247 e. The number of hydrogen-bond acceptors (Lipinski definition) is 0. The highest BCUT2D eigenvalue weighted by atomic mass is 28.3. The van der Waals surface area contributed by atoms with E-state index in [-0.39, 0.29) is 17.0 Å². The fraction of sp³-hybridized carbons (Fsp3) is 0.289. The first-order chi connectivity index (χ1) is 20.8. The van der Waals surface area contributed by atoms with Gasteiger partial charge in [0.05, 0.1) is 22.5 Å². The van der Waals surface area contributed by atoms with Crippen LogP contribution in [0.5, 0.6) is 0 Å². The summed E-state index contributed by atoms with van der Waals surface area (Å²) in [5, 5.41) is 6.85. The number of benzene rings is 4. The summed E-state index contributed by atoms with van der Waals surface area (Å²) in [6.45, 7) is 13.9. The summed E-state index contributed by atoms with van der Waals surface area (Å²) in [5.74, 6) is 0.259. The number of hydrogen-bond donors (Lipinski definition) is 0. The first-order valence-corrected chi connectivity index (χ1v) is 17.0. The van der Waals surface area contributed by atoms with Crippen molar-refractivity contribution in [1.29, 1.82) is 0 Å². The second-order valence-electron chi connectivity index (χ2n) is 13.0. The van der Waals surface area contributed by atoms with Gasteiger partial charge in [0.25, 0.3) is 0 Å². The van der Waals surface area contributed by atoms with Crippen LogP contribution < -0.4 is 20.1 Å². The van der Waals surface area contributed by atoms with Crippen molar-refractivity contribution in [3.63, 3.8) is 0 Å². The van der Waals surface area contributed by atoms with Crippen molar-refractivity contribution in [1.82, 2.24) is 4.68 Å². The van der Waals surface area contributed by atoms with Gasteiger partial charge in [-0.2, -0.15) is 0 Å². The normalized spacial score (nSPS) is 17.0. The molecular weight excluding hydrogens is 513 g/mol. The van der Waals surface area contributed by atoms with Gasteiger partial charge in [0, 0.05) is 20.2 Å². The molecule has 0 N–H and O–H groups in total. The van der Waals surface area contributed by atoms with E-state index in [0.717, 1.165) is 21.7 Å². The van der Waals surface area contributed by atoms with E-state index in [1.807, 2.05) is 6.07 Å². The van der Waals surface area contributed by atoms with Gasteiger partial charge < -0.3 is 0 Å². The summed E-state index contributed by atoms with van der Waals surface area (Å²) >= 11 is 0. The first-order valence-electron chi connectivity index (χ1n) is 16.5. The van der Waals surface area contributed by atoms with Crippen LogP contribution in [-0.2, 0) is 5.04 Å². The molecule has 0 spiro atoms. The fourth-order valence-corrected chi connectivity index (χ4v) is 14.6. The van der Waals surface area contributed by atoms with Gasteiger partial charge in [-0.1, -0.05) is 117 Å². The van der Waals surface area contributed by atoms with Gasteiger partial charge in [-0.05, 0) is 66.1 Å². The minimum Gasteiger partial charge on any atom is -0.149 e. The van der Waals surface area contributed by atoms with Crippen molar-refractivity contribution < 1.29 is 8.63 Å². The molecule has 1 aliphatic heterocycles. The SMILES string of the molecule is [2H]C([2H])([2H])c1ccc2c3c1c1cccc(C(C)C)c1[n+]1c3c(c(C)n1C(C)C)[Si](c1ccccc1)(c1ccccc1)C2(C)C. The molecule has 206 valence electrons. The molecule has 1 aliphatic rings. The molecule has 0 saturated carbocycles. The summed E-state index contributed by atoms with van der Waals surface area (Å²) in [4.78, 5) is 0. The molecular formula is C38H41N2Si+. The van der Waals surface area contributed by atoms with Crippen molar-refractivity contribution in [3.8, 4) is 0 Å². The highest BCUT2D eigenvalue weighted by Gasteiger charge is 2.60. The molecule has 3 heterocycles. The van der Waals surface area contributed by atoms with Crippen molar-refractivity contribution in [2.75, 3.05) is 0 Å². The first kappa shape index (κ1) is 22.9. The van der Waals surface area contributed by atoms with Gasteiger partial charge in [0.15, 0.2) is 8.07 Å².